The Balaban J connectivity index is 1.58. The number of nitrogens with zero attached hydrogens (tertiary/aromatic N) is 1. The molecule has 2 aromatic carbocycles. The number of carbonyl (C=O) groups is 1. The molecule has 3 rings (SSSR count). The molecular weight excluding hydrogens is 362 g/mol. The summed E-state index contributed by atoms with van der Waals surface area (Å²) < 4.78 is 5.13. The second-order valence-corrected chi connectivity index (χ2v) is 6.31. The second kappa shape index (κ2) is 9.05. The zero-order valence-electron chi connectivity index (χ0n) is 14.9. The molecule has 0 spiro atoms. The highest BCUT2D eigenvalue weighted by Crippen LogP contribution is 2.17. The Morgan fingerprint density at radius 3 is 2.59 bits per heavy atom. The minimum Gasteiger partial charge on any atom is -0.497 e. The van der Waals surface area contributed by atoms with E-state index in [0.29, 0.717) is 23.8 Å². The van der Waals surface area contributed by atoms with E-state index in [1.165, 1.54) is 0 Å². The maximum Gasteiger partial charge on any atom is 0.270 e. The van der Waals surface area contributed by atoms with Gasteiger partial charge in [0.25, 0.3) is 5.91 Å². The number of benzene rings is 2. The Morgan fingerprint density at radius 2 is 1.85 bits per heavy atom. The van der Waals surface area contributed by atoms with E-state index in [9.17, 15) is 4.79 Å². The minimum atomic E-state index is -0.229. The number of amides is 1. The molecule has 2 N–H and O–H groups in total. The highest BCUT2D eigenvalue weighted by Gasteiger charge is 2.08. The normalized spacial score (nSPS) is 10.3. The topological polar surface area (TPSA) is 63.2 Å². The second-order valence-electron chi connectivity index (χ2n) is 5.91. The van der Waals surface area contributed by atoms with Crippen LogP contribution in [0.2, 0.25) is 5.02 Å². The van der Waals surface area contributed by atoms with Gasteiger partial charge in [-0.1, -0.05) is 41.9 Å². The average Bonchev–Trinajstić information content (AvgIpc) is 2.72. The van der Waals surface area contributed by atoms with Crippen LogP contribution >= 0.6 is 11.6 Å². The van der Waals surface area contributed by atoms with Crippen LogP contribution in [-0.2, 0) is 13.1 Å². The fourth-order valence-corrected chi connectivity index (χ4v) is 2.72. The van der Waals surface area contributed by atoms with E-state index in [4.69, 9.17) is 16.3 Å². The molecule has 0 aliphatic rings. The maximum atomic E-state index is 12.4. The van der Waals surface area contributed by atoms with Crippen LogP contribution in [0.1, 0.15) is 21.6 Å². The van der Waals surface area contributed by atoms with E-state index in [1.807, 2.05) is 54.6 Å². The van der Waals surface area contributed by atoms with E-state index in [1.54, 1.807) is 19.4 Å². The number of aromatic nitrogens is 1. The smallest absolute Gasteiger partial charge is 0.270 e. The molecule has 0 bridgehead atoms. The molecule has 6 heteroatoms. The van der Waals surface area contributed by atoms with Crippen molar-refractivity contribution in [3.8, 4) is 5.75 Å². The lowest BCUT2D eigenvalue weighted by atomic mass is 10.2. The molecular formula is C21H20ClN3O2. The summed E-state index contributed by atoms with van der Waals surface area (Å²) >= 11 is 6.17. The van der Waals surface area contributed by atoms with Gasteiger partial charge in [-0.05, 0) is 41.5 Å². The van der Waals surface area contributed by atoms with E-state index < -0.39 is 0 Å². The zero-order valence-corrected chi connectivity index (χ0v) is 15.7. The number of ether oxygens (including phenoxy) is 1. The summed E-state index contributed by atoms with van der Waals surface area (Å²) in [6, 6.07) is 18.7. The molecule has 1 amide bonds. The molecule has 0 fully saturated rings. The summed E-state index contributed by atoms with van der Waals surface area (Å²) in [6.45, 7) is 0.985. The number of pyridine rings is 1. The lowest BCUT2D eigenvalue weighted by molar-refractivity contribution is 0.0946. The molecule has 0 saturated heterocycles. The van der Waals surface area contributed by atoms with Gasteiger partial charge in [-0.25, -0.2) is 0 Å². The van der Waals surface area contributed by atoms with Crippen molar-refractivity contribution in [1.29, 1.82) is 0 Å². The molecule has 0 unspecified atom stereocenters. The minimum absolute atomic E-state index is 0.229. The fraction of sp³-hybridized carbons (Fsp3) is 0.143. The van der Waals surface area contributed by atoms with E-state index in [-0.39, 0.29) is 5.91 Å². The van der Waals surface area contributed by atoms with Crippen molar-refractivity contribution in [3.63, 3.8) is 0 Å². The summed E-state index contributed by atoms with van der Waals surface area (Å²) in [7, 11) is 1.62. The Labute approximate surface area is 163 Å². The molecule has 138 valence electrons. The predicted octanol–water partition coefficient (Wildman–Crippen LogP) is 4.29. The van der Waals surface area contributed by atoms with Crippen LogP contribution < -0.4 is 15.4 Å². The molecule has 0 saturated carbocycles. The first-order valence-electron chi connectivity index (χ1n) is 8.50. The van der Waals surface area contributed by atoms with Gasteiger partial charge in [0, 0.05) is 30.0 Å². The third-order valence-corrected chi connectivity index (χ3v) is 4.41. The Bertz CT molecular complexity index is 913. The van der Waals surface area contributed by atoms with Gasteiger partial charge in [-0.2, -0.15) is 0 Å². The standard InChI is InChI=1S/C21H20ClN3O2/c1-27-18-8-6-15(7-9-18)13-25-21(26)20-12-17(10-11-23-20)24-14-16-4-2-3-5-19(16)22/h2-12H,13-14H2,1H3,(H,23,24)(H,25,26). The number of anilines is 1. The first-order valence-corrected chi connectivity index (χ1v) is 8.88. The maximum absolute atomic E-state index is 12.4. The summed E-state index contributed by atoms with van der Waals surface area (Å²) in [5, 5.41) is 6.84. The Morgan fingerprint density at radius 1 is 1.07 bits per heavy atom. The number of hydrogen-bond acceptors (Lipinski definition) is 4. The highest BCUT2D eigenvalue weighted by atomic mass is 35.5. The third-order valence-electron chi connectivity index (χ3n) is 4.05. The summed E-state index contributed by atoms with van der Waals surface area (Å²) in [6.07, 6.45) is 1.61. The molecule has 0 aliphatic carbocycles. The molecule has 3 aromatic rings. The van der Waals surface area contributed by atoms with Gasteiger partial charge in [0.15, 0.2) is 0 Å². The monoisotopic (exact) mass is 381 g/mol. The molecule has 5 nitrogen and oxygen atoms in total. The lowest BCUT2D eigenvalue weighted by Gasteiger charge is -2.10. The van der Waals surface area contributed by atoms with Gasteiger partial charge < -0.3 is 15.4 Å². The molecule has 1 heterocycles. The Hall–Kier alpha value is -3.05. The van der Waals surface area contributed by atoms with Crippen molar-refractivity contribution in [2.24, 2.45) is 0 Å². The van der Waals surface area contributed by atoms with E-state index >= 15 is 0 Å². The first-order chi connectivity index (χ1) is 13.2. The average molecular weight is 382 g/mol. The van der Waals surface area contributed by atoms with Gasteiger partial charge in [-0.15, -0.1) is 0 Å². The largest absolute Gasteiger partial charge is 0.497 e. The number of rotatable bonds is 7. The van der Waals surface area contributed by atoms with Crippen LogP contribution in [0.5, 0.6) is 5.75 Å². The van der Waals surface area contributed by atoms with Gasteiger partial charge in [0.2, 0.25) is 0 Å². The number of nitrogens with one attached hydrogen (secondary N) is 2. The fourth-order valence-electron chi connectivity index (χ4n) is 2.52. The first kappa shape index (κ1) is 18.7. The van der Waals surface area contributed by atoms with Crippen LogP contribution in [0.15, 0.2) is 66.9 Å². The summed E-state index contributed by atoms with van der Waals surface area (Å²) in [5.41, 5.74) is 3.13. The van der Waals surface area contributed by atoms with E-state index in [2.05, 4.69) is 15.6 Å². The third kappa shape index (κ3) is 5.21. The number of methoxy groups -OCH3 is 1. The van der Waals surface area contributed by atoms with Crippen LogP contribution in [0, 0.1) is 0 Å². The van der Waals surface area contributed by atoms with Crippen LogP contribution in [0.3, 0.4) is 0 Å². The number of hydrogen-bond donors (Lipinski definition) is 2. The van der Waals surface area contributed by atoms with Crippen molar-refractivity contribution in [2.45, 2.75) is 13.1 Å². The van der Waals surface area contributed by atoms with Gasteiger partial charge in [0.05, 0.1) is 7.11 Å². The molecule has 0 aliphatic heterocycles. The zero-order chi connectivity index (χ0) is 19.1. The van der Waals surface area contributed by atoms with Gasteiger partial charge in [-0.3, -0.25) is 9.78 Å². The van der Waals surface area contributed by atoms with Crippen LogP contribution in [-0.4, -0.2) is 18.0 Å². The molecule has 27 heavy (non-hydrogen) atoms. The number of halogens is 1. The van der Waals surface area contributed by atoms with Crippen molar-refractivity contribution in [3.05, 3.63) is 88.7 Å². The highest BCUT2D eigenvalue weighted by molar-refractivity contribution is 6.31. The van der Waals surface area contributed by atoms with Crippen molar-refractivity contribution < 1.29 is 9.53 Å². The van der Waals surface area contributed by atoms with Crippen molar-refractivity contribution in [1.82, 2.24) is 10.3 Å². The number of carbonyl (C=O) groups excluding carboxylic acids is 1. The summed E-state index contributed by atoms with van der Waals surface area (Å²) in [5.74, 6) is 0.552. The van der Waals surface area contributed by atoms with Crippen molar-refractivity contribution in [2.75, 3.05) is 12.4 Å². The van der Waals surface area contributed by atoms with Gasteiger partial charge >= 0.3 is 0 Å². The van der Waals surface area contributed by atoms with Gasteiger partial charge in [0.1, 0.15) is 11.4 Å². The SMILES string of the molecule is COc1ccc(CNC(=O)c2cc(NCc3ccccc3Cl)ccn2)cc1. The quantitative estimate of drug-likeness (QED) is 0.641. The lowest BCUT2D eigenvalue weighted by Crippen LogP contribution is -2.23. The predicted molar refractivity (Wildman–Crippen MR) is 107 cm³/mol. The van der Waals surface area contributed by atoms with Crippen LogP contribution in [0.25, 0.3) is 0 Å². The molecule has 0 radical (unpaired) electrons. The summed E-state index contributed by atoms with van der Waals surface area (Å²) in [4.78, 5) is 16.5. The Kier molecular flexibility index (Phi) is 6.28. The molecule has 0 atom stereocenters. The van der Waals surface area contributed by atoms with Crippen LogP contribution in [0.4, 0.5) is 5.69 Å². The van der Waals surface area contributed by atoms with E-state index in [0.717, 1.165) is 22.6 Å². The van der Waals surface area contributed by atoms with Crippen molar-refractivity contribution >= 4 is 23.2 Å². The molecule has 1 aromatic heterocycles.